The zero-order valence-electron chi connectivity index (χ0n) is 13.2. The van der Waals surface area contributed by atoms with E-state index in [1.54, 1.807) is 27.8 Å². The zero-order valence-corrected chi connectivity index (χ0v) is 14.8. The number of nitrogens with one attached hydrogen (secondary N) is 1. The van der Waals surface area contributed by atoms with Gasteiger partial charge in [-0.05, 0) is 49.7 Å². The Morgan fingerprint density at radius 3 is 2.95 bits per heavy atom. The lowest BCUT2D eigenvalue weighted by atomic mass is 10.1. The third-order valence-electron chi connectivity index (χ3n) is 2.86. The van der Waals surface area contributed by atoms with E-state index < -0.39 is 0 Å². The van der Waals surface area contributed by atoms with E-state index in [2.05, 4.69) is 10.3 Å². The van der Waals surface area contributed by atoms with Gasteiger partial charge in [0.2, 0.25) is 5.91 Å². The minimum atomic E-state index is -0.228. The van der Waals surface area contributed by atoms with Crippen molar-refractivity contribution in [1.29, 1.82) is 0 Å². The Hall–Kier alpha value is -0.760. The van der Waals surface area contributed by atoms with Crippen LogP contribution in [0.2, 0.25) is 0 Å². The van der Waals surface area contributed by atoms with Crippen LogP contribution in [-0.4, -0.2) is 41.9 Å². The average molecular weight is 344 g/mol. The van der Waals surface area contributed by atoms with Gasteiger partial charge in [-0.15, -0.1) is 0 Å². The molecule has 1 rings (SSSR count). The first kappa shape index (κ1) is 19.3. The van der Waals surface area contributed by atoms with Gasteiger partial charge in [0, 0.05) is 24.9 Å². The van der Waals surface area contributed by atoms with Gasteiger partial charge in [0.15, 0.2) is 0 Å². The second kappa shape index (κ2) is 10.9. The summed E-state index contributed by atoms with van der Waals surface area (Å²) in [7, 11) is 3.22. The Balaban J connectivity index is 2.02. The maximum Gasteiger partial charge on any atom is 0.220 e. The summed E-state index contributed by atoms with van der Waals surface area (Å²) in [5.74, 6) is 0.807. The van der Waals surface area contributed by atoms with E-state index in [9.17, 15) is 4.79 Å². The first-order valence-electron chi connectivity index (χ1n) is 7.35. The molecule has 0 atom stereocenters. The zero-order chi connectivity index (χ0) is 16.3. The van der Waals surface area contributed by atoms with Crippen molar-refractivity contribution in [3.8, 4) is 0 Å². The summed E-state index contributed by atoms with van der Waals surface area (Å²) < 4.78 is 5.69. The molecule has 5 nitrogen and oxygen atoms in total. The molecule has 0 unspecified atom stereocenters. The number of carbonyl (C=O) groups excluding carboxylic acids is 1. The van der Waals surface area contributed by atoms with Crippen LogP contribution in [0.4, 0.5) is 0 Å². The molecular formula is C15H25N3O2S2. The molecule has 1 amide bonds. The number of rotatable bonds is 11. The predicted octanol–water partition coefficient (Wildman–Crippen LogP) is 2.47. The highest BCUT2D eigenvalue weighted by atomic mass is 33.1. The number of nitrogens with two attached hydrogens (primary N) is 1. The molecule has 124 valence electrons. The van der Waals surface area contributed by atoms with Crippen molar-refractivity contribution in [1.82, 2.24) is 10.3 Å². The molecule has 0 bridgehead atoms. The molecule has 0 saturated heterocycles. The smallest absolute Gasteiger partial charge is 0.220 e. The van der Waals surface area contributed by atoms with Gasteiger partial charge in [0.25, 0.3) is 0 Å². The quantitative estimate of drug-likeness (QED) is 0.475. The molecule has 0 radical (unpaired) electrons. The van der Waals surface area contributed by atoms with Crippen molar-refractivity contribution in [2.75, 3.05) is 25.4 Å². The Morgan fingerprint density at radius 1 is 1.45 bits per heavy atom. The summed E-state index contributed by atoms with van der Waals surface area (Å²) in [5, 5.41) is 3.82. The molecule has 0 aliphatic heterocycles. The van der Waals surface area contributed by atoms with Crippen LogP contribution in [0.1, 0.15) is 26.7 Å². The fourth-order valence-electron chi connectivity index (χ4n) is 1.66. The van der Waals surface area contributed by atoms with E-state index >= 15 is 0 Å². The van der Waals surface area contributed by atoms with Crippen molar-refractivity contribution >= 4 is 27.5 Å². The molecular weight excluding hydrogens is 318 g/mol. The van der Waals surface area contributed by atoms with Gasteiger partial charge in [-0.1, -0.05) is 16.9 Å². The number of hydrogen-bond donors (Lipinski definition) is 2. The first-order valence-corrected chi connectivity index (χ1v) is 9.66. The standard InChI is InChI=1S/C15H25N3O2S2/c1-15(2,7-8-16)20-11-10-17-13(19)6-12-21-22-14-5-3-4-9-18-14/h3-5,9H,6-8,10-12,16H2,1-2H3,(H,17,19). The molecule has 0 aliphatic rings. The summed E-state index contributed by atoms with van der Waals surface area (Å²) in [6.07, 6.45) is 3.07. The first-order chi connectivity index (χ1) is 10.5. The van der Waals surface area contributed by atoms with Gasteiger partial charge < -0.3 is 15.8 Å². The summed E-state index contributed by atoms with van der Waals surface area (Å²) in [6.45, 7) is 5.66. The predicted molar refractivity (Wildman–Crippen MR) is 93.9 cm³/mol. The number of ether oxygens (including phenoxy) is 1. The van der Waals surface area contributed by atoms with E-state index in [-0.39, 0.29) is 11.5 Å². The van der Waals surface area contributed by atoms with Gasteiger partial charge in [-0.3, -0.25) is 4.79 Å². The van der Waals surface area contributed by atoms with Gasteiger partial charge >= 0.3 is 0 Å². The lowest BCUT2D eigenvalue weighted by Gasteiger charge is -2.24. The van der Waals surface area contributed by atoms with E-state index in [0.717, 1.165) is 17.2 Å². The second-order valence-electron chi connectivity index (χ2n) is 5.32. The van der Waals surface area contributed by atoms with Crippen molar-refractivity contribution in [2.45, 2.75) is 37.3 Å². The van der Waals surface area contributed by atoms with Crippen LogP contribution in [0.15, 0.2) is 29.4 Å². The lowest BCUT2D eigenvalue weighted by Crippen LogP contribution is -2.33. The van der Waals surface area contributed by atoms with Crippen molar-refractivity contribution in [3.05, 3.63) is 24.4 Å². The molecule has 0 saturated carbocycles. The van der Waals surface area contributed by atoms with E-state index in [4.69, 9.17) is 10.5 Å². The highest BCUT2D eigenvalue weighted by molar-refractivity contribution is 8.76. The number of pyridine rings is 1. The SMILES string of the molecule is CC(C)(CCN)OCCNC(=O)CCSSc1ccccn1. The maximum absolute atomic E-state index is 11.7. The number of hydrogen-bond acceptors (Lipinski definition) is 6. The molecule has 0 spiro atoms. The molecule has 0 aromatic carbocycles. The topological polar surface area (TPSA) is 77.2 Å². The Morgan fingerprint density at radius 2 is 2.27 bits per heavy atom. The monoisotopic (exact) mass is 343 g/mol. The third-order valence-corrected chi connectivity index (χ3v) is 5.12. The number of aromatic nitrogens is 1. The summed E-state index contributed by atoms with van der Waals surface area (Å²) in [6, 6.07) is 5.80. The van der Waals surface area contributed by atoms with E-state index in [1.807, 2.05) is 32.0 Å². The Bertz CT molecular complexity index is 430. The van der Waals surface area contributed by atoms with E-state index in [0.29, 0.717) is 26.1 Å². The number of amides is 1. The average Bonchev–Trinajstić information content (AvgIpc) is 2.49. The fourth-order valence-corrected chi connectivity index (χ4v) is 3.53. The van der Waals surface area contributed by atoms with E-state index in [1.165, 1.54) is 0 Å². The van der Waals surface area contributed by atoms with Crippen LogP contribution >= 0.6 is 21.6 Å². The van der Waals surface area contributed by atoms with Gasteiger partial charge in [-0.2, -0.15) is 0 Å². The molecule has 22 heavy (non-hydrogen) atoms. The molecule has 3 N–H and O–H groups in total. The third kappa shape index (κ3) is 9.30. The van der Waals surface area contributed by atoms with Crippen LogP contribution < -0.4 is 11.1 Å². The van der Waals surface area contributed by atoms with Crippen molar-refractivity contribution in [2.24, 2.45) is 5.73 Å². The maximum atomic E-state index is 11.7. The van der Waals surface area contributed by atoms with Gasteiger partial charge in [0.1, 0.15) is 5.03 Å². The lowest BCUT2D eigenvalue weighted by molar-refractivity contribution is -0.121. The molecule has 7 heteroatoms. The van der Waals surface area contributed by atoms with Crippen LogP contribution in [0.5, 0.6) is 0 Å². The molecule has 1 aromatic heterocycles. The molecule has 0 aliphatic carbocycles. The Kier molecular flexibility index (Phi) is 9.54. The van der Waals surface area contributed by atoms with Crippen LogP contribution in [0.25, 0.3) is 0 Å². The van der Waals surface area contributed by atoms with Gasteiger partial charge in [-0.25, -0.2) is 4.98 Å². The molecule has 0 fully saturated rings. The highest BCUT2D eigenvalue weighted by Crippen LogP contribution is 2.29. The normalized spacial score (nSPS) is 11.4. The van der Waals surface area contributed by atoms with Crippen LogP contribution in [0.3, 0.4) is 0 Å². The van der Waals surface area contributed by atoms with Crippen LogP contribution in [-0.2, 0) is 9.53 Å². The summed E-state index contributed by atoms with van der Waals surface area (Å²) >= 11 is 0. The number of carbonyl (C=O) groups is 1. The minimum Gasteiger partial charge on any atom is -0.374 e. The largest absolute Gasteiger partial charge is 0.374 e. The summed E-state index contributed by atoms with van der Waals surface area (Å²) in [5.41, 5.74) is 5.29. The molecule has 1 aromatic rings. The Labute approximate surface area is 140 Å². The van der Waals surface area contributed by atoms with Crippen molar-refractivity contribution < 1.29 is 9.53 Å². The fraction of sp³-hybridized carbons (Fsp3) is 0.600. The van der Waals surface area contributed by atoms with Crippen LogP contribution in [0, 0.1) is 0 Å². The summed E-state index contributed by atoms with van der Waals surface area (Å²) in [4.78, 5) is 15.9. The minimum absolute atomic E-state index is 0.0503. The number of nitrogens with zero attached hydrogens (tertiary/aromatic N) is 1. The highest BCUT2D eigenvalue weighted by Gasteiger charge is 2.16. The van der Waals surface area contributed by atoms with Crippen molar-refractivity contribution in [3.63, 3.8) is 0 Å². The second-order valence-corrected chi connectivity index (χ2v) is 7.76. The molecule has 1 heterocycles. The van der Waals surface area contributed by atoms with Gasteiger partial charge in [0.05, 0.1) is 12.2 Å².